The van der Waals surface area contributed by atoms with Crippen LogP contribution in [0.3, 0.4) is 0 Å². The topological polar surface area (TPSA) is 49.8 Å². The Hall–Kier alpha value is -2.24. The minimum Gasteiger partial charge on any atom is -0.367 e. The van der Waals surface area contributed by atoms with Gasteiger partial charge >= 0.3 is 0 Å². The number of hydrogen-bond donors (Lipinski definition) is 2. The first-order chi connectivity index (χ1) is 10.2. The third-order valence-electron chi connectivity index (χ3n) is 2.87. The van der Waals surface area contributed by atoms with E-state index >= 15 is 0 Å². The lowest BCUT2D eigenvalue weighted by Gasteiger charge is -2.09. The van der Waals surface area contributed by atoms with Gasteiger partial charge in [0.25, 0.3) is 0 Å². The fourth-order valence-corrected chi connectivity index (χ4v) is 1.83. The van der Waals surface area contributed by atoms with Gasteiger partial charge in [0.15, 0.2) is 11.6 Å². The smallest absolute Gasteiger partial charge is 0.224 e. The molecule has 2 N–H and O–H groups in total. The highest BCUT2D eigenvalue weighted by atomic mass is 19.1. The predicted molar refractivity (Wildman–Crippen MR) is 79.4 cm³/mol. The van der Waals surface area contributed by atoms with Crippen molar-refractivity contribution in [3.05, 3.63) is 47.7 Å². The fourth-order valence-electron chi connectivity index (χ4n) is 1.83. The lowest BCUT2D eigenvalue weighted by Crippen LogP contribution is -2.11. The van der Waals surface area contributed by atoms with E-state index in [2.05, 4.69) is 20.6 Å². The minimum absolute atomic E-state index is 0.153. The van der Waals surface area contributed by atoms with E-state index in [-0.39, 0.29) is 11.6 Å². The Morgan fingerprint density at radius 2 is 2.00 bits per heavy atom. The molecule has 0 fully saturated rings. The van der Waals surface area contributed by atoms with Gasteiger partial charge in [-0.05, 0) is 30.5 Å². The van der Waals surface area contributed by atoms with Gasteiger partial charge < -0.3 is 10.6 Å². The molecule has 0 radical (unpaired) electrons. The summed E-state index contributed by atoms with van der Waals surface area (Å²) in [4.78, 5) is 7.94. The number of hydrogen-bond acceptors (Lipinski definition) is 4. The number of aromatic nitrogens is 2. The molecule has 6 heteroatoms. The Morgan fingerprint density at radius 1 is 1.14 bits per heavy atom. The van der Waals surface area contributed by atoms with E-state index < -0.39 is 5.82 Å². The second-order valence-corrected chi connectivity index (χ2v) is 4.62. The zero-order valence-electron chi connectivity index (χ0n) is 11.9. The Labute approximate surface area is 122 Å². The SMILES string of the molecule is CCCNc1ncc(F)c(NCCc2cccc(F)c2)n1. The monoisotopic (exact) mass is 292 g/mol. The molecule has 0 aliphatic rings. The third-order valence-corrected chi connectivity index (χ3v) is 2.87. The average Bonchev–Trinajstić information content (AvgIpc) is 2.48. The molecule has 2 aromatic rings. The van der Waals surface area contributed by atoms with Gasteiger partial charge in [0.2, 0.25) is 5.95 Å². The first-order valence-corrected chi connectivity index (χ1v) is 6.93. The van der Waals surface area contributed by atoms with E-state index in [0.717, 1.165) is 24.7 Å². The van der Waals surface area contributed by atoms with Crippen LogP contribution in [0.25, 0.3) is 0 Å². The van der Waals surface area contributed by atoms with Crippen molar-refractivity contribution in [3.8, 4) is 0 Å². The summed E-state index contributed by atoms with van der Waals surface area (Å²) in [6.07, 6.45) is 2.65. The van der Waals surface area contributed by atoms with Crippen molar-refractivity contribution in [3.63, 3.8) is 0 Å². The molecule has 1 heterocycles. The summed E-state index contributed by atoms with van der Waals surface area (Å²) < 4.78 is 26.6. The Kier molecular flexibility index (Phi) is 5.43. The fraction of sp³-hybridized carbons (Fsp3) is 0.333. The van der Waals surface area contributed by atoms with Crippen LogP contribution in [0.15, 0.2) is 30.5 Å². The van der Waals surface area contributed by atoms with Gasteiger partial charge in [-0.25, -0.2) is 13.8 Å². The van der Waals surface area contributed by atoms with Gasteiger partial charge in [-0.3, -0.25) is 0 Å². The lowest BCUT2D eigenvalue weighted by molar-refractivity contribution is 0.616. The molecule has 0 aliphatic carbocycles. The Balaban J connectivity index is 1.92. The average molecular weight is 292 g/mol. The molecule has 0 amide bonds. The zero-order chi connectivity index (χ0) is 15.1. The number of nitrogens with zero attached hydrogens (tertiary/aromatic N) is 2. The van der Waals surface area contributed by atoms with Crippen LogP contribution in [0, 0.1) is 11.6 Å². The molecular weight excluding hydrogens is 274 g/mol. The maximum atomic E-state index is 13.6. The summed E-state index contributed by atoms with van der Waals surface area (Å²) >= 11 is 0. The summed E-state index contributed by atoms with van der Waals surface area (Å²) in [5, 5.41) is 5.91. The number of benzene rings is 1. The molecule has 0 spiro atoms. The zero-order valence-corrected chi connectivity index (χ0v) is 11.9. The Bertz CT molecular complexity index is 590. The van der Waals surface area contributed by atoms with Crippen molar-refractivity contribution in [1.82, 2.24) is 9.97 Å². The lowest BCUT2D eigenvalue weighted by atomic mass is 10.1. The van der Waals surface area contributed by atoms with Crippen LogP contribution in [0.4, 0.5) is 20.5 Å². The molecule has 1 aromatic heterocycles. The third kappa shape index (κ3) is 4.66. The first-order valence-electron chi connectivity index (χ1n) is 6.93. The van der Waals surface area contributed by atoms with Crippen molar-refractivity contribution >= 4 is 11.8 Å². The maximum Gasteiger partial charge on any atom is 0.224 e. The van der Waals surface area contributed by atoms with Crippen molar-refractivity contribution in [1.29, 1.82) is 0 Å². The molecule has 0 saturated heterocycles. The molecule has 0 saturated carbocycles. The molecule has 2 rings (SSSR count). The van der Waals surface area contributed by atoms with Crippen LogP contribution in [0.1, 0.15) is 18.9 Å². The molecule has 112 valence electrons. The molecular formula is C15H18F2N4. The van der Waals surface area contributed by atoms with Crippen molar-refractivity contribution < 1.29 is 8.78 Å². The van der Waals surface area contributed by atoms with Gasteiger partial charge in [-0.2, -0.15) is 4.98 Å². The second kappa shape index (κ2) is 7.52. The summed E-state index contributed by atoms with van der Waals surface area (Å²) in [7, 11) is 0. The van der Waals surface area contributed by atoms with E-state index in [0.29, 0.717) is 18.9 Å². The molecule has 0 atom stereocenters. The van der Waals surface area contributed by atoms with E-state index in [1.54, 1.807) is 6.07 Å². The van der Waals surface area contributed by atoms with Crippen LogP contribution in [-0.2, 0) is 6.42 Å². The van der Waals surface area contributed by atoms with Crippen molar-refractivity contribution in [2.24, 2.45) is 0 Å². The molecule has 0 aliphatic heterocycles. The highest BCUT2D eigenvalue weighted by Gasteiger charge is 2.06. The van der Waals surface area contributed by atoms with Gasteiger partial charge in [-0.15, -0.1) is 0 Å². The molecule has 4 nitrogen and oxygen atoms in total. The van der Waals surface area contributed by atoms with Crippen LogP contribution < -0.4 is 10.6 Å². The standard InChI is InChI=1S/C15H18F2N4/c1-2-7-19-15-20-10-13(17)14(21-15)18-8-6-11-4-3-5-12(16)9-11/h3-5,9-10H,2,6-8H2,1H3,(H2,18,19,20,21). The Morgan fingerprint density at radius 3 is 2.76 bits per heavy atom. The van der Waals surface area contributed by atoms with E-state index in [1.807, 2.05) is 13.0 Å². The van der Waals surface area contributed by atoms with E-state index in [1.165, 1.54) is 12.1 Å². The normalized spacial score (nSPS) is 10.4. The van der Waals surface area contributed by atoms with Crippen molar-refractivity contribution in [2.45, 2.75) is 19.8 Å². The van der Waals surface area contributed by atoms with Gasteiger partial charge in [0.1, 0.15) is 5.82 Å². The van der Waals surface area contributed by atoms with Gasteiger partial charge in [0, 0.05) is 13.1 Å². The highest BCUT2D eigenvalue weighted by Crippen LogP contribution is 2.12. The highest BCUT2D eigenvalue weighted by molar-refractivity contribution is 5.41. The second-order valence-electron chi connectivity index (χ2n) is 4.62. The van der Waals surface area contributed by atoms with Crippen LogP contribution in [-0.4, -0.2) is 23.1 Å². The minimum atomic E-state index is -0.503. The molecule has 0 unspecified atom stereocenters. The predicted octanol–water partition coefficient (Wildman–Crippen LogP) is 3.23. The number of nitrogens with one attached hydrogen (secondary N) is 2. The van der Waals surface area contributed by atoms with Crippen LogP contribution in [0.5, 0.6) is 0 Å². The summed E-state index contributed by atoms with van der Waals surface area (Å²) in [5.74, 6) is -0.227. The quantitative estimate of drug-likeness (QED) is 0.822. The largest absolute Gasteiger partial charge is 0.367 e. The van der Waals surface area contributed by atoms with Crippen LogP contribution >= 0.6 is 0 Å². The molecule has 0 bridgehead atoms. The summed E-state index contributed by atoms with van der Waals surface area (Å²) in [6, 6.07) is 6.34. The summed E-state index contributed by atoms with van der Waals surface area (Å²) in [5.41, 5.74) is 0.848. The van der Waals surface area contributed by atoms with E-state index in [4.69, 9.17) is 0 Å². The number of anilines is 2. The number of halogens is 2. The van der Waals surface area contributed by atoms with Crippen molar-refractivity contribution in [2.75, 3.05) is 23.7 Å². The van der Waals surface area contributed by atoms with E-state index in [9.17, 15) is 8.78 Å². The number of rotatable bonds is 7. The maximum absolute atomic E-state index is 13.6. The van der Waals surface area contributed by atoms with Gasteiger partial charge in [-0.1, -0.05) is 19.1 Å². The summed E-state index contributed by atoms with van der Waals surface area (Å²) in [6.45, 7) is 3.22. The molecule has 21 heavy (non-hydrogen) atoms. The first kappa shape index (κ1) is 15.2. The van der Waals surface area contributed by atoms with Crippen LogP contribution in [0.2, 0.25) is 0 Å². The molecule has 1 aromatic carbocycles. The van der Waals surface area contributed by atoms with Gasteiger partial charge in [0.05, 0.1) is 6.20 Å².